The van der Waals surface area contributed by atoms with Crippen LogP contribution < -0.4 is 0 Å². The molecule has 0 unspecified atom stereocenters. The van der Waals surface area contributed by atoms with Gasteiger partial charge in [-0.25, -0.2) is 0 Å². The van der Waals surface area contributed by atoms with Crippen molar-refractivity contribution in [1.29, 1.82) is 0 Å². The predicted molar refractivity (Wildman–Crippen MR) is 183 cm³/mol. The quantitative estimate of drug-likeness (QED) is 0.168. The van der Waals surface area contributed by atoms with Gasteiger partial charge in [0.15, 0.2) is 0 Å². The molecule has 46 heavy (non-hydrogen) atoms. The minimum Gasteiger partial charge on any atom is -0.500 e. The molecule has 4 aromatic heterocycles. The zero-order valence-electron chi connectivity index (χ0n) is 24.5. The molecule has 0 aliphatic carbocycles. The minimum absolute atomic E-state index is 0. The summed E-state index contributed by atoms with van der Waals surface area (Å²) in [6.07, 6.45) is 7.35. The van der Waals surface area contributed by atoms with Gasteiger partial charge >= 0.3 is 0 Å². The molecule has 0 saturated carbocycles. The van der Waals surface area contributed by atoms with E-state index >= 15 is 0 Å². The average Bonchev–Trinajstić information content (AvgIpc) is 3.52. The maximum absolute atomic E-state index is 6.48. The monoisotopic (exact) mass is 768 g/mol. The summed E-state index contributed by atoms with van der Waals surface area (Å²) in [7, 11) is 0. The molecule has 0 spiro atoms. The van der Waals surface area contributed by atoms with Gasteiger partial charge in [-0.1, -0.05) is 77.7 Å². The molecule has 0 atom stereocenters. The largest absolute Gasteiger partial charge is 0.500 e. The van der Waals surface area contributed by atoms with E-state index in [0.717, 1.165) is 66.4 Å². The number of aromatic nitrogens is 3. The summed E-state index contributed by atoms with van der Waals surface area (Å²) in [4.78, 5) is 13.1. The molecular formula is C41H25IrN3O-2. The van der Waals surface area contributed by atoms with Crippen LogP contribution in [-0.4, -0.2) is 15.0 Å². The number of fused-ring (bicyclic) bond motifs is 6. The van der Waals surface area contributed by atoms with Crippen molar-refractivity contribution >= 4 is 43.5 Å². The average molecular weight is 768 g/mol. The Kier molecular flexibility index (Phi) is 8.18. The third-order valence-electron chi connectivity index (χ3n) is 7.96. The maximum atomic E-state index is 6.48. The Hall–Kier alpha value is -5.48. The third-order valence-corrected chi connectivity index (χ3v) is 7.96. The summed E-state index contributed by atoms with van der Waals surface area (Å²) in [6.45, 7) is 0. The van der Waals surface area contributed by atoms with Gasteiger partial charge in [-0.05, 0) is 57.6 Å². The Morgan fingerprint density at radius 1 is 0.500 bits per heavy atom. The Bertz CT molecular complexity index is 2400. The summed E-state index contributed by atoms with van der Waals surface area (Å²) >= 11 is 0. The molecule has 0 amide bonds. The normalized spacial score (nSPS) is 10.9. The molecule has 0 aliphatic rings. The fourth-order valence-electron chi connectivity index (χ4n) is 5.74. The van der Waals surface area contributed by atoms with Crippen molar-refractivity contribution in [3.63, 3.8) is 0 Å². The van der Waals surface area contributed by atoms with Crippen molar-refractivity contribution < 1.29 is 24.5 Å². The van der Waals surface area contributed by atoms with Crippen LogP contribution >= 0.6 is 0 Å². The van der Waals surface area contributed by atoms with E-state index in [4.69, 9.17) is 4.42 Å². The van der Waals surface area contributed by atoms with E-state index in [1.165, 1.54) is 10.8 Å². The third kappa shape index (κ3) is 5.59. The van der Waals surface area contributed by atoms with Crippen LogP contribution in [0.3, 0.4) is 0 Å². The first-order chi connectivity index (χ1) is 22.3. The van der Waals surface area contributed by atoms with Gasteiger partial charge in [0.1, 0.15) is 5.58 Å². The molecule has 4 heterocycles. The molecule has 9 aromatic rings. The first-order valence-electron chi connectivity index (χ1n) is 14.8. The van der Waals surface area contributed by atoms with E-state index in [9.17, 15) is 0 Å². The molecule has 1 radical (unpaired) electrons. The Labute approximate surface area is 279 Å². The second-order valence-electron chi connectivity index (χ2n) is 10.7. The number of hydrogen-bond acceptors (Lipinski definition) is 4. The first-order valence-corrected chi connectivity index (χ1v) is 14.8. The molecule has 0 bridgehead atoms. The van der Waals surface area contributed by atoms with Crippen LogP contribution in [0.25, 0.3) is 77.1 Å². The van der Waals surface area contributed by atoms with Crippen LogP contribution in [-0.2, 0) is 20.1 Å². The van der Waals surface area contributed by atoms with Crippen molar-refractivity contribution in [2.45, 2.75) is 0 Å². The van der Waals surface area contributed by atoms with Crippen LogP contribution in [0.5, 0.6) is 0 Å². The van der Waals surface area contributed by atoms with Gasteiger partial charge in [0.05, 0.1) is 5.58 Å². The molecular weight excluding hydrogens is 743 g/mol. The van der Waals surface area contributed by atoms with Crippen LogP contribution in [0.1, 0.15) is 0 Å². The van der Waals surface area contributed by atoms with Crippen molar-refractivity contribution in [3.05, 3.63) is 164 Å². The Morgan fingerprint density at radius 3 is 2.22 bits per heavy atom. The van der Waals surface area contributed by atoms with Gasteiger partial charge < -0.3 is 14.4 Å². The molecule has 4 nitrogen and oxygen atoms in total. The van der Waals surface area contributed by atoms with Crippen LogP contribution in [0, 0.1) is 12.1 Å². The molecule has 0 N–H and O–H groups in total. The molecule has 5 heteroatoms. The standard InChI is InChI=1S/C30H17N2O.C11H8N.Ir/c1-2-5-24-19(4-1)10-11-26-25-6-3-7-27(30(25)33-29(24)26)28-17-22(13-15-32-28)20-8-9-23-18-31-14-12-21(23)16-20;1-2-6-10(7-3-1)11-8-4-5-9-12-11;/h1-6,8-18H;1-6,8-9H;/q2*-1;. The van der Waals surface area contributed by atoms with E-state index in [-0.39, 0.29) is 20.1 Å². The van der Waals surface area contributed by atoms with Gasteiger partial charge in [-0.3, -0.25) is 4.98 Å². The number of nitrogens with zero attached hydrogens (tertiary/aromatic N) is 3. The predicted octanol–water partition coefficient (Wildman–Crippen LogP) is 10.4. The number of benzene rings is 5. The number of pyridine rings is 3. The van der Waals surface area contributed by atoms with Crippen molar-refractivity contribution in [2.75, 3.05) is 0 Å². The summed E-state index contributed by atoms with van der Waals surface area (Å²) in [5.41, 5.74) is 7.69. The topological polar surface area (TPSA) is 51.8 Å². The summed E-state index contributed by atoms with van der Waals surface area (Å²) in [6, 6.07) is 49.4. The summed E-state index contributed by atoms with van der Waals surface area (Å²) in [5.74, 6) is 0. The molecule has 221 valence electrons. The molecule has 0 aliphatic heterocycles. The molecule has 0 fully saturated rings. The van der Waals surface area contributed by atoms with Crippen molar-refractivity contribution in [3.8, 4) is 33.6 Å². The van der Waals surface area contributed by atoms with Gasteiger partial charge in [-0.15, -0.1) is 54.1 Å². The van der Waals surface area contributed by atoms with E-state index < -0.39 is 0 Å². The van der Waals surface area contributed by atoms with E-state index in [1.807, 2.05) is 85.3 Å². The maximum Gasteiger partial charge on any atom is 0.128 e. The zero-order valence-corrected chi connectivity index (χ0v) is 26.9. The van der Waals surface area contributed by atoms with Crippen LogP contribution in [0.4, 0.5) is 0 Å². The summed E-state index contributed by atoms with van der Waals surface area (Å²) in [5, 5.41) is 6.76. The van der Waals surface area contributed by atoms with E-state index in [2.05, 4.69) is 87.7 Å². The zero-order chi connectivity index (χ0) is 30.0. The van der Waals surface area contributed by atoms with Gasteiger partial charge in [0.2, 0.25) is 0 Å². The van der Waals surface area contributed by atoms with Crippen LogP contribution in [0.2, 0.25) is 0 Å². The molecule has 5 aromatic carbocycles. The molecule has 0 saturated heterocycles. The van der Waals surface area contributed by atoms with Crippen molar-refractivity contribution in [1.82, 2.24) is 15.0 Å². The van der Waals surface area contributed by atoms with Gasteiger partial charge in [0, 0.05) is 61.1 Å². The van der Waals surface area contributed by atoms with Gasteiger partial charge in [-0.2, -0.15) is 0 Å². The smallest absolute Gasteiger partial charge is 0.128 e. The van der Waals surface area contributed by atoms with E-state index in [1.54, 1.807) is 6.20 Å². The van der Waals surface area contributed by atoms with Crippen molar-refractivity contribution in [2.24, 2.45) is 0 Å². The Balaban J connectivity index is 0.000000220. The second kappa shape index (κ2) is 12.9. The Morgan fingerprint density at radius 2 is 1.33 bits per heavy atom. The SMILES string of the molecule is [Ir].[c-]1ccc2c(oc3c4ccccc4ccc23)c1-c1cc(-c2ccc3cnccc3c2)ccn1.[c-]1ccccc1-c1ccccn1. The second-order valence-corrected chi connectivity index (χ2v) is 10.7. The summed E-state index contributed by atoms with van der Waals surface area (Å²) < 4.78 is 6.48. The first kappa shape index (κ1) is 29.2. The number of furan rings is 1. The van der Waals surface area contributed by atoms with Gasteiger partial charge in [0.25, 0.3) is 0 Å². The fourth-order valence-corrected chi connectivity index (χ4v) is 5.74. The van der Waals surface area contributed by atoms with Crippen LogP contribution in [0.15, 0.2) is 157 Å². The number of rotatable bonds is 3. The number of hydrogen-bond donors (Lipinski definition) is 0. The van der Waals surface area contributed by atoms with E-state index in [0.29, 0.717) is 0 Å². The molecule has 9 rings (SSSR count). The minimum atomic E-state index is 0. The fraction of sp³-hybridized carbons (Fsp3) is 0.